The van der Waals surface area contributed by atoms with E-state index < -0.39 is 6.04 Å². The van der Waals surface area contributed by atoms with E-state index in [9.17, 15) is 4.79 Å². The van der Waals surface area contributed by atoms with Crippen LogP contribution in [0.1, 0.15) is 35.9 Å². The van der Waals surface area contributed by atoms with Crippen LogP contribution >= 0.6 is 23.7 Å². The van der Waals surface area contributed by atoms with Gasteiger partial charge in [0.15, 0.2) is 0 Å². The van der Waals surface area contributed by atoms with Crippen LogP contribution in [0.3, 0.4) is 0 Å². The lowest BCUT2D eigenvalue weighted by Crippen LogP contribution is -2.40. The van der Waals surface area contributed by atoms with E-state index >= 15 is 0 Å². The van der Waals surface area contributed by atoms with Gasteiger partial charge in [0, 0.05) is 16.8 Å². The lowest BCUT2D eigenvalue weighted by Gasteiger charge is -2.24. The maximum absolute atomic E-state index is 12.2. The number of carbonyl (C=O) groups excluding carboxylic acids is 1. The van der Waals surface area contributed by atoms with Gasteiger partial charge < -0.3 is 11.1 Å². The molecule has 3 N–H and O–H groups in total. The van der Waals surface area contributed by atoms with Crippen LogP contribution < -0.4 is 11.1 Å². The average molecular weight is 339 g/mol. The van der Waals surface area contributed by atoms with Crippen LogP contribution in [0, 0.1) is 6.92 Å². The average Bonchev–Trinajstić information content (AvgIpc) is 3.00. The fraction of sp³-hybridized carbons (Fsp3) is 0.353. The van der Waals surface area contributed by atoms with Crippen LogP contribution in [0.15, 0.2) is 41.8 Å². The van der Waals surface area contributed by atoms with Crippen LogP contribution in [-0.4, -0.2) is 12.5 Å². The Labute approximate surface area is 142 Å². The highest BCUT2D eigenvalue weighted by Gasteiger charge is 2.24. The van der Waals surface area contributed by atoms with Crippen molar-refractivity contribution in [1.82, 2.24) is 5.32 Å². The second-order valence-electron chi connectivity index (χ2n) is 5.97. The highest BCUT2D eigenvalue weighted by molar-refractivity contribution is 7.10. The molecule has 2 aromatic rings. The predicted molar refractivity (Wildman–Crippen MR) is 95.7 cm³/mol. The zero-order chi connectivity index (χ0) is 15.5. The second kappa shape index (κ2) is 7.77. The van der Waals surface area contributed by atoms with Gasteiger partial charge >= 0.3 is 0 Å². The van der Waals surface area contributed by atoms with Gasteiger partial charge in [0.1, 0.15) is 6.04 Å². The molecule has 0 spiro atoms. The Hall–Kier alpha value is -1.36. The minimum atomic E-state index is -0.621. The first-order valence-corrected chi connectivity index (χ1v) is 7.92. The van der Waals surface area contributed by atoms with Crippen LogP contribution in [0.25, 0.3) is 0 Å². The zero-order valence-corrected chi connectivity index (χ0v) is 14.8. The number of amides is 1. The molecule has 1 amide bonds. The number of carbonyl (C=O) groups is 1. The fourth-order valence-corrected chi connectivity index (χ4v) is 2.95. The standard InChI is InChI=1S/C17H22N2OS.ClH/c1-12-6-8-13(9-7-12)15(18)16(20)19-11-17(2,3)14-5-4-10-21-14;/h4-10,15H,11,18H2,1-3H3,(H,19,20);1H. The Bertz CT molecular complexity index is 594. The van der Waals surface area contributed by atoms with Gasteiger partial charge in [0.25, 0.3) is 0 Å². The van der Waals surface area contributed by atoms with E-state index in [0.717, 1.165) is 11.1 Å². The third-order valence-corrected chi connectivity index (χ3v) is 4.85. The SMILES string of the molecule is Cc1ccc(C(N)C(=O)NCC(C)(C)c2cccs2)cc1.Cl. The lowest BCUT2D eigenvalue weighted by molar-refractivity contribution is -0.122. The maximum atomic E-state index is 12.2. The quantitative estimate of drug-likeness (QED) is 0.875. The van der Waals surface area contributed by atoms with Crippen molar-refractivity contribution in [1.29, 1.82) is 0 Å². The van der Waals surface area contributed by atoms with E-state index in [1.54, 1.807) is 11.3 Å². The summed E-state index contributed by atoms with van der Waals surface area (Å²) in [5.74, 6) is -0.136. The first kappa shape index (κ1) is 18.7. The van der Waals surface area contributed by atoms with Crippen LogP contribution in [0.5, 0.6) is 0 Å². The molecule has 1 heterocycles. The van der Waals surface area contributed by atoms with Crippen molar-refractivity contribution < 1.29 is 4.79 Å². The molecule has 1 atom stereocenters. The molecule has 1 aromatic heterocycles. The van der Waals surface area contributed by atoms with Gasteiger partial charge in [0.2, 0.25) is 5.91 Å². The molecule has 5 heteroatoms. The maximum Gasteiger partial charge on any atom is 0.241 e. The number of benzene rings is 1. The Morgan fingerprint density at radius 1 is 1.27 bits per heavy atom. The van der Waals surface area contributed by atoms with Crippen LogP contribution in [0.4, 0.5) is 0 Å². The number of rotatable bonds is 5. The van der Waals surface area contributed by atoms with Gasteiger partial charge in [-0.15, -0.1) is 23.7 Å². The summed E-state index contributed by atoms with van der Waals surface area (Å²) in [6, 6.07) is 11.3. The van der Waals surface area contributed by atoms with E-state index in [1.807, 2.05) is 37.3 Å². The third kappa shape index (κ3) is 4.57. The van der Waals surface area contributed by atoms with Gasteiger partial charge in [-0.25, -0.2) is 0 Å². The number of hydrogen-bond donors (Lipinski definition) is 2. The van der Waals surface area contributed by atoms with Gasteiger partial charge in [-0.2, -0.15) is 0 Å². The number of aryl methyl sites for hydroxylation is 1. The summed E-state index contributed by atoms with van der Waals surface area (Å²) in [4.78, 5) is 13.5. The fourth-order valence-electron chi connectivity index (χ4n) is 2.09. The molecule has 120 valence electrons. The summed E-state index contributed by atoms with van der Waals surface area (Å²) in [7, 11) is 0. The molecule has 1 unspecified atom stereocenters. The molecule has 0 saturated carbocycles. The van der Waals surface area contributed by atoms with Crippen molar-refractivity contribution in [2.75, 3.05) is 6.54 Å². The first-order chi connectivity index (χ1) is 9.90. The summed E-state index contributed by atoms with van der Waals surface area (Å²) < 4.78 is 0. The van der Waals surface area contributed by atoms with Crippen LogP contribution in [0.2, 0.25) is 0 Å². The van der Waals surface area contributed by atoms with Crippen molar-refractivity contribution >= 4 is 29.7 Å². The lowest BCUT2D eigenvalue weighted by atomic mass is 9.91. The molecule has 0 fully saturated rings. The summed E-state index contributed by atoms with van der Waals surface area (Å²) in [6.45, 7) is 6.83. The van der Waals surface area contributed by atoms with Crippen molar-refractivity contribution in [3.63, 3.8) is 0 Å². The largest absolute Gasteiger partial charge is 0.354 e. The molecule has 0 aliphatic rings. The summed E-state index contributed by atoms with van der Waals surface area (Å²) in [5.41, 5.74) is 7.94. The highest BCUT2D eigenvalue weighted by atomic mass is 35.5. The Kier molecular flexibility index (Phi) is 6.60. The van der Waals surface area contributed by atoms with Gasteiger partial charge in [-0.05, 0) is 23.9 Å². The van der Waals surface area contributed by atoms with Gasteiger partial charge in [-0.1, -0.05) is 49.7 Å². The predicted octanol–water partition coefficient (Wildman–Crippen LogP) is 3.57. The van der Waals surface area contributed by atoms with E-state index in [4.69, 9.17) is 5.73 Å². The molecule has 0 aliphatic heterocycles. The van der Waals surface area contributed by atoms with Crippen LogP contribution in [-0.2, 0) is 10.2 Å². The Morgan fingerprint density at radius 3 is 2.45 bits per heavy atom. The van der Waals surface area contributed by atoms with E-state index in [2.05, 4.69) is 30.6 Å². The van der Waals surface area contributed by atoms with Crippen molar-refractivity contribution in [3.05, 3.63) is 57.8 Å². The number of nitrogens with one attached hydrogen (secondary N) is 1. The van der Waals surface area contributed by atoms with E-state index in [1.165, 1.54) is 4.88 Å². The minimum Gasteiger partial charge on any atom is -0.354 e. The van der Waals surface area contributed by atoms with E-state index in [0.29, 0.717) is 6.54 Å². The zero-order valence-electron chi connectivity index (χ0n) is 13.1. The van der Waals surface area contributed by atoms with E-state index in [-0.39, 0.29) is 23.7 Å². The number of thiophene rings is 1. The molecule has 0 saturated heterocycles. The number of nitrogens with two attached hydrogens (primary N) is 1. The highest BCUT2D eigenvalue weighted by Crippen LogP contribution is 2.26. The first-order valence-electron chi connectivity index (χ1n) is 7.04. The van der Waals surface area contributed by atoms with Gasteiger partial charge in [0.05, 0.1) is 0 Å². The smallest absolute Gasteiger partial charge is 0.241 e. The molecule has 3 nitrogen and oxygen atoms in total. The molecular formula is C17H23ClN2OS. The topological polar surface area (TPSA) is 55.1 Å². The Balaban J connectivity index is 0.00000242. The van der Waals surface area contributed by atoms with Crippen molar-refractivity contribution in [2.24, 2.45) is 5.73 Å². The monoisotopic (exact) mass is 338 g/mol. The van der Waals surface area contributed by atoms with Gasteiger partial charge in [-0.3, -0.25) is 4.79 Å². The second-order valence-corrected chi connectivity index (χ2v) is 6.92. The number of halogens is 1. The van der Waals surface area contributed by atoms with Crippen molar-refractivity contribution in [3.8, 4) is 0 Å². The summed E-state index contributed by atoms with van der Waals surface area (Å²) in [5, 5.41) is 5.02. The number of hydrogen-bond acceptors (Lipinski definition) is 3. The Morgan fingerprint density at radius 2 is 1.91 bits per heavy atom. The molecule has 1 aromatic carbocycles. The van der Waals surface area contributed by atoms with Crippen molar-refractivity contribution in [2.45, 2.75) is 32.2 Å². The molecule has 2 rings (SSSR count). The summed E-state index contributed by atoms with van der Waals surface area (Å²) >= 11 is 1.71. The minimum absolute atomic E-state index is 0. The third-order valence-electron chi connectivity index (χ3n) is 3.61. The molecule has 22 heavy (non-hydrogen) atoms. The normalized spacial score (nSPS) is 12.4. The molecule has 0 radical (unpaired) electrons. The molecule has 0 aliphatic carbocycles. The summed E-state index contributed by atoms with van der Waals surface area (Å²) in [6.07, 6.45) is 0. The molecule has 0 bridgehead atoms. The molecular weight excluding hydrogens is 316 g/mol.